The van der Waals surface area contributed by atoms with Crippen molar-refractivity contribution >= 4 is 21.6 Å². The molecule has 0 radical (unpaired) electrons. The molecule has 0 aromatic heterocycles. The predicted octanol–water partition coefficient (Wildman–Crippen LogP) is 4.61. The molecule has 7 nitrogen and oxygen atoms in total. The minimum absolute atomic E-state index is 0.0201. The van der Waals surface area contributed by atoms with Crippen molar-refractivity contribution in [2.24, 2.45) is 0 Å². The molecule has 0 aliphatic carbocycles. The van der Waals surface area contributed by atoms with E-state index in [-0.39, 0.29) is 16.6 Å². The number of ether oxygens (including phenoxy) is 2. The Labute approximate surface area is 205 Å². The Morgan fingerprint density at radius 2 is 1.66 bits per heavy atom. The molecule has 9 heteroatoms. The predicted molar refractivity (Wildman–Crippen MR) is 133 cm³/mol. The fourth-order valence-electron chi connectivity index (χ4n) is 3.71. The van der Waals surface area contributed by atoms with Gasteiger partial charge in [0.05, 0.1) is 30.8 Å². The molecule has 3 rings (SSSR count). The maximum absolute atomic E-state index is 13.5. The third-order valence-electron chi connectivity index (χ3n) is 5.61. The number of nitrogens with one attached hydrogen (secondary N) is 1. The Balaban J connectivity index is 1.90. The molecule has 3 aromatic carbocycles. The summed E-state index contributed by atoms with van der Waals surface area (Å²) in [6, 6.07) is 16.1. The van der Waals surface area contributed by atoms with Crippen molar-refractivity contribution in [2.45, 2.75) is 31.2 Å². The van der Waals surface area contributed by atoms with E-state index in [9.17, 15) is 17.6 Å². The van der Waals surface area contributed by atoms with Crippen LogP contribution in [0.15, 0.2) is 71.6 Å². The summed E-state index contributed by atoms with van der Waals surface area (Å²) in [5.74, 6) is 0.228. The van der Waals surface area contributed by atoms with Crippen LogP contribution in [-0.2, 0) is 14.8 Å². The first kappa shape index (κ1) is 26.0. The zero-order chi connectivity index (χ0) is 25.6. The van der Waals surface area contributed by atoms with Crippen LogP contribution in [0.1, 0.15) is 30.5 Å². The summed E-state index contributed by atoms with van der Waals surface area (Å²) in [5, 5.41) is 2.92. The monoisotopic (exact) mass is 500 g/mol. The maximum Gasteiger partial charge on any atom is 0.264 e. The summed E-state index contributed by atoms with van der Waals surface area (Å²) >= 11 is 0. The number of aryl methyl sites for hydroxylation is 1. The van der Waals surface area contributed by atoms with Gasteiger partial charge in [-0.2, -0.15) is 0 Å². The van der Waals surface area contributed by atoms with Gasteiger partial charge < -0.3 is 14.8 Å². The van der Waals surface area contributed by atoms with Gasteiger partial charge in [-0.05, 0) is 79.1 Å². The highest BCUT2D eigenvalue weighted by Crippen LogP contribution is 2.27. The molecule has 0 saturated carbocycles. The molecule has 3 aromatic rings. The molecular formula is C26H29FN2O5S. The first-order chi connectivity index (χ1) is 16.7. The van der Waals surface area contributed by atoms with Crippen LogP contribution in [-0.4, -0.2) is 35.1 Å². The number of methoxy groups -OCH3 is 2. The molecule has 0 saturated heterocycles. The molecule has 0 heterocycles. The second-order valence-corrected chi connectivity index (χ2v) is 9.78. The van der Waals surface area contributed by atoms with Crippen LogP contribution >= 0.6 is 0 Å². The molecule has 1 unspecified atom stereocenters. The van der Waals surface area contributed by atoms with Gasteiger partial charge in [0, 0.05) is 0 Å². The van der Waals surface area contributed by atoms with Gasteiger partial charge in [0.2, 0.25) is 5.91 Å². The van der Waals surface area contributed by atoms with Crippen molar-refractivity contribution in [3.05, 3.63) is 83.7 Å². The van der Waals surface area contributed by atoms with E-state index in [1.165, 1.54) is 43.5 Å². The number of benzene rings is 3. The van der Waals surface area contributed by atoms with Crippen molar-refractivity contribution in [3.8, 4) is 11.5 Å². The summed E-state index contributed by atoms with van der Waals surface area (Å²) in [4.78, 5) is 13.1. The second-order valence-electron chi connectivity index (χ2n) is 7.92. The molecule has 1 N–H and O–H groups in total. The summed E-state index contributed by atoms with van der Waals surface area (Å²) in [6.07, 6.45) is 0.597. The van der Waals surface area contributed by atoms with Crippen LogP contribution in [0.5, 0.6) is 11.5 Å². The lowest BCUT2D eigenvalue weighted by Crippen LogP contribution is -2.42. The van der Waals surface area contributed by atoms with Crippen LogP contribution in [0.25, 0.3) is 0 Å². The van der Waals surface area contributed by atoms with E-state index in [1.807, 2.05) is 32.0 Å². The number of hydrogen-bond acceptors (Lipinski definition) is 5. The average molecular weight is 501 g/mol. The summed E-state index contributed by atoms with van der Waals surface area (Å²) in [7, 11) is -1.06. The second kappa shape index (κ2) is 11.2. The van der Waals surface area contributed by atoms with E-state index in [0.717, 1.165) is 33.3 Å². The number of sulfonamides is 1. The van der Waals surface area contributed by atoms with E-state index in [2.05, 4.69) is 5.32 Å². The lowest BCUT2D eigenvalue weighted by atomic mass is 10.0. The smallest absolute Gasteiger partial charge is 0.264 e. The number of hydrogen-bond donors (Lipinski definition) is 1. The van der Waals surface area contributed by atoms with Gasteiger partial charge in [0.15, 0.2) is 0 Å². The zero-order valence-corrected chi connectivity index (χ0v) is 20.9. The number of carbonyl (C=O) groups is 1. The van der Waals surface area contributed by atoms with Crippen molar-refractivity contribution in [1.29, 1.82) is 0 Å². The maximum atomic E-state index is 13.5. The number of nitrogens with zero attached hydrogens (tertiary/aromatic N) is 1. The Kier molecular flexibility index (Phi) is 8.34. The van der Waals surface area contributed by atoms with E-state index in [4.69, 9.17) is 9.47 Å². The minimum Gasteiger partial charge on any atom is -0.497 e. The van der Waals surface area contributed by atoms with Crippen LogP contribution in [0.3, 0.4) is 0 Å². The van der Waals surface area contributed by atoms with E-state index < -0.39 is 28.3 Å². The fourth-order valence-corrected chi connectivity index (χ4v) is 5.13. The molecule has 35 heavy (non-hydrogen) atoms. The molecule has 0 aliphatic heterocycles. The lowest BCUT2D eigenvalue weighted by molar-refractivity contribution is -0.120. The number of amides is 1. The van der Waals surface area contributed by atoms with Gasteiger partial charge in [0.25, 0.3) is 10.0 Å². The highest BCUT2D eigenvalue weighted by Gasteiger charge is 2.28. The van der Waals surface area contributed by atoms with Gasteiger partial charge in [0.1, 0.15) is 23.9 Å². The standard InChI is InChI=1S/C26H29FN2O5S/c1-5-24(19-6-15-25(34-4)18(2)16-19)28-26(30)17-29(21-9-7-20(27)8-10-21)35(31,32)23-13-11-22(33-3)12-14-23/h6-16,24H,5,17H2,1-4H3,(H,28,30). The largest absolute Gasteiger partial charge is 0.497 e. The van der Waals surface area contributed by atoms with E-state index >= 15 is 0 Å². The number of rotatable bonds is 10. The van der Waals surface area contributed by atoms with Crippen LogP contribution in [0, 0.1) is 12.7 Å². The molecule has 0 fully saturated rings. The summed E-state index contributed by atoms with van der Waals surface area (Å²) in [6.45, 7) is 3.36. The van der Waals surface area contributed by atoms with E-state index in [1.54, 1.807) is 7.11 Å². The van der Waals surface area contributed by atoms with Crippen molar-refractivity contribution in [2.75, 3.05) is 25.1 Å². The van der Waals surface area contributed by atoms with Gasteiger partial charge in [-0.15, -0.1) is 0 Å². The topological polar surface area (TPSA) is 84.9 Å². The molecule has 0 aliphatic rings. The number of halogens is 1. The van der Waals surface area contributed by atoms with Gasteiger partial charge in [-0.1, -0.05) is 19.1 Å². The Hall–Kier alpha value is -3.59. The highest BCUT2D eigenvalue weighted by atomic mass is 32.2. The summed E-state index contributed by atoms with van der Waals surface area (Å²) in [5.41, 5.74) is 1.98. The van der Waals surface area contributed by atoms with Gasteiger partial charge >= 0.3 is 0 Å². The molecule has 0 spiro atoms. The van der Waals surface area contributed by atoms with E-state index in [0.29, 0.717) is 12.2 Å². The van der Waals surface area contributed by atoms with Crippen LogP contribution in [0.2, 0.25) is 0 Å². The Morgan fingerprint density at radius 3 is 2.20 bits per heavy atom. The third kappa shape index (κ3) is 6.10. The van der Waals surface area contributed by atoms with Gasteiger partial charge in [-0.3, -0.25) is 9.10 Å². The third-order valence-corrected chi connectivity index (χ3v) is 7.40. The Morgan fingerprint density at radius 1 is 1.00 bits per heavy atom. The molecule has 1 atom stereocenters. The molecular weight excluding hydrogens is 471 g/mol. The zero-order valence-electron chi connectivity index (χ0n) is 20.1. The fraction of sp³-hybridized carbons (Fsp3) is 0.269. The molecule has 1 amide bonds. The van der Waals surface area contributed by atoms with Crippen molar-refractivity contribution in [1.82, 2.24) is 5.32 Å². The number of anilines is 1. The van der Waals surface area contributed by atoms with Crippen LogP contribution in [0.4, 0.5) is 10.1 Å². The normalized spacial score (nSPS) is 12.0. The molecule has 186 valence electrons. The first-order valence-corrected chi connectivity index (χ1v) is 12.5. The quantitative estimate of drug-likeness (QED) is 0.439. The van der Waals surface area contributed by atoms with Crippen molar-refractivity contribution in [3.63, 3.8) is 0 Å². The van der Waals surface area contributed by atoms with Crippen LogP contribution < -0.4 is 19.1 Å². The summed E-state index contributed by atoms with van der Waals surface area (Å²) < 4.78 is 51.9. The Bertz CT molecular complexity index is 1260. The highest BCUT2D eigenvalue weighted by molar-refractivity contribution is 7.92. The molecule has 0 bridgehead atoms. The first-order valence-electron chi connectivity index (χ1n) is 11.1. The lowest BCUT2D eigenvalue weighted by Gasteiger charge is -2.26. The number of carbonyl (C=O) groups excluding carboxylic acids is 1. The average Bonchev–Trinajstić information content (AvgIpc) is 2.86. The van der Waals surface area contributed by atoms with Crippen molar-refractivity contribution < 1.29 is 27.1 Å². The SMILES string of the molecule is CCC(NC(=O)CN(c1ccc(F)cc1)S(=O)(=O)c1ccc(OC)cc1)c1ccc(OC)c(C)c1. The minimum atomic E-state index is -4.13. The van der Waals surface area contributed by atoms with Gasteiger partial charge in [-0.25, -0.2) is 12.8 Å².